The molecule has 2 N–H and O–H groups in total. The van der Waals surface area contributed by atoms with E-state index in [-0.39, 0.29) is 5.76 Å². The molecule has 0 saturated carbocycles. The molecule has 0 atom stereocenters. The van der Waals surface area contributed by atoms with Crippen molar-refractivity contribution in [3.05, 3.63) is 35.9 Å². The maximum absolute atomic E-state index is 10.6. The molecule has 18 heavy (non-hydrogen) atoms. The van der Waals surface area contributed by atoms with Gasteiger partial charge in [-0.1, -0.05) is 0 Å². The molecule has 0 amide bonds. The standard InChI is InChI=1S/C11H11N3O4/c1-17-9-4-5-12-11(14-9)13-6-7-2-3-8(18-7)10(15)16/h2-5H,6H2,1H3,(H,15,16)(H,12,13,14). The lowest BCUT2D eigenvalue weighted by Gasteiger charge is -2.03. The lowest BCUT2D eigenvalue weighted by Crippen LogP contribution is -2.03. The van der Waals surface area contributed by atoms with Gasteiger partial charge in [0.2, 0.25) is 17.6 Å². The third-order valence-electron chi connectivity index (χ3n) is 2.13. The molecule has 0 aromatic carbocycles. The minimum Gasteiger partial charge on any atom is -0.481 e. The van der Waals surface area contributed by atoms with E-state index >= 15 is 0 Å². The number of anilines is 1. The number of carboxylic acids is 1. The van der Waals surface area contributed by atoms with Crippen molar-refractivity contribution in [2.45, 2.75) is 6.54 Å². The predicted octanol–water partition coefficient (Wildman–Crippen LogP) is 1.39. The second kappa shape index (κ2) is 5.17. The second-order valence-corrected chi connectivity index (χ2v) is 3.35. The Hall–Kier alpha value is -2.57. The fraction of sp³-hybridized carbons (Fsp3) is 0.182. The zero-order chi connectivity index (χ0) is 13.0. The van der Waals surface area contributed by atoms with Crippen LogP contribution in [-0.2, 0) is 6.54 Å². The molecule has 0 bridgehead atoms. The van der Waals surface area contributed by atoms with Crippen LogP contribution in [0, 0.1) is 0 Å². The first-order valence-electron chi connectivity index (χ1n) is 5.12. The molecule has 0 aliphatic rings. The number of furan rings is 1. The van der Waals surface area contributed by atoms with Gasteiger partial charge in [0, 0.05) is 12.3 Å². The summed E-state index contributed by atoms with van der Waals surface area (Å²) in [5, 5.41) is 11.6. The van der Waals surface area contributed by atoms with Crippen molar-refractivity contribution in [1.82, 2.24) is 9.97 Å². The second-order valence-electron chi connectivity index (χ2n) is 3.35. The first-order chi connectivity index (χ1) is 8.69. The lowest BCUT2D eigenvalue weighted by molar-refractivity contribution is 0.0660. The monoisotopic (exact) mass is 249 g/mol. The van der Waals surface area contributed by atoms with Crippen LogP contribution in [0.4, 0.5) is 5.95 Å². The Bertz CT molecular complexity index is 553. The van der Waals surface area contributed by atoms with Gasteiger partial charge in [-0.25, -0.2) is 9.78 Å². The van der Waals surface area contributed by atoms with E-state index in [0.717, 1.165) is 0 Å². The summed E-state index contributed by atoms with van der Waals surface area (Å²) in [4.78, 5) is 18.6. The van der Waals surface area contributed by atoms with Gasteiger partial charge in [0.1, 0.15) is 5.76 Å². The summed E-state index contributed by atoms with van der Waals surface area (Å²) in [6.07, 6.45) is 1.55. The first kappa shape index (κ1) is 11.9. The van der Waals surface area contributed by atoms with Crippen molar-refractivity contribution in [2.24, 2.45) is 0 Å². The largest absolute Gasteiger partial charge is 0.481 e. The molecule has 2 aromatic heterocycles. The molecule has 0 fully saturated rings. The maximum atomic E-state index is 10.6. The van der Waals surface area contributed by atoms with Gasteiger partial charge in [0.05, 0.1) is 13.7 Å². The van der Waals surface area contributed by atoms with Crippen LogP contribution in [0.3, 0.4) is 0 Å². The van der Waals surface area contributed by atoms with Crippen LogP contribution in [0.15, 0.2) is 28.8 Å². The van der Waals surface area contributed by atoms with Crippen LogP contribution in [-0.4, -0.2) is 28.2 Å². The molecule has 2 heterocycles. The minimum atomic E-state index is -1.10. The van der Waals surface area contributed by atoms with Crippen LogP contribution in [0.5, 0.6) is 5.88 Å². The van der Waals surface area contributed by atoms with Crippen LogP contribution in [0.1, 0.15) is 16.3 Å². The summed E-state index contributed by atoms with van der Waals surface area (Å²) in [5.41, 5.74) is 0. The average molecular weight is 249 g/mol. The summed E-state index contributed by atoms with van der Waals surface area (Å²) in [7, 11) is 1.51. The number of carbonyl (C=O) groups is 1. The van der Waals surface area contributed by atoms with Gasteiger partial charge in [-0.05, 0) is 12.1 Å². The van der Waals surface area contributed by atoms with Gasteiger partial charge in [0.25, 0.3) is 0 Å². The molecule has 7 nitrogen and oxygen atoms in total. The molecule has 7 heteroatoms. The van der Waals surface area contributed by atoms with Gasteiger partial charge in [-0.3, -0.25) is 0 Å². The Morgan fingerprint density at radius 2 is 2.33 bits per heavy atom. The third-order valence-corrected chi connectivity index (χ3v) is 2.13. The molecule has 2 rings (SSSR count). The number of ether oxygens (including phenoxy) is 1. The number of nitrogens with zero attached hydrogens (tertiary/aromatic N) is 2. The zero-order valence-corrected chi connectivity index (χ0v) is 9.58. The van der Waals surface area contributed by atoms with Gasteiger partial charge in [-0.2, -0.15) is 4.98 Å². The zero-order valence-electron chi connectivity index (χ0n) is 9.58. The lowest BCUT2D eigenvalue weighted by atomic mass is 10.4. The summed E-state index contributed by atoms with van der Waals surface area (Å²) in [5.74, 6) is 0.108. The normalized spacial score (nSPS) is 10.1. The number of carboxylic acid groups (broad SMARTS) is 1. The number of rotatable bonds is 5. The molecule has 94 valence electrons. The molecule has 2 aromatic rings. The topological polar surface area (TPSA) is 97.5 Å². The van der Waals surface area contributed by atoms with Crippen molar-refractivity contribution < 1.29 is 19.1 Å². The Balaban J connectivity index is 1.99. The molecule has 0 aliphatic heterocycles. The van der Waals surface area contributed by atoms with E-state index in [4.69, 9.17) is 14.3 Å². The van der Waals surface area contributed by atoms with Gasteiger partial charge < -0.3 is 19.6 Å². The molecule has 0 spiro atoms. The van der Waals surface area contributed by atoms with Gasteiger partial charge in [-0.15, -0.1) is 0 Å². The van der Waals surface area contributed by atoms with Gasteiger partial charge in [0.15, 0.2) is 0 Å². The Morgan fingerprint density at radius 3 is 3.00 bits per heavy atom. The average Bonchev–Trinajstić information content (AvgIpc) is 2.85. The smallest absolute Gasteiger partial charge is 0.371 e. The van der Waals surface area contributed by atoms with Crippen LogP contribution in [0.25, 0.3) is 0 Å². The number of aromatic carboxylic acids is 1. The number of hydrogen-bond donors (Lipinski definition) is 2. The quantitative estimate of drug-likeness (QED) is 0.826. The van der Waals surface area contributed by atoms with Crippen molar-refractivity contribution in [3.63, 3.8) is 0 Å². The summed E-state index contributed by atoms with van der Waals surface area (Å²) >= 11 is 0. The van der Waals surface area contributed by atoms with Crippen molar-refractivity contribution >= 4 is 11.9 Å². The highest BCUT2D eigenvalue weighted by Crippen LogP contribution is 2.11. The molecular weight excluding hydrogens is 238 g/mol. The van der Waals surface area contributed by atoms with Crippen LogP contribution in [0.2, 0.25) is 0 Å². The van der Waals surface area contributed by atoms with Crippen LogP contribution < -0.4 is 10.1 Å². The third kappa shape index (κ3) is 2.76. The van der Waals surface area contributed by atoms with E-state index in [1.54, 1.807) is 18.3 Å². The van der Waals surface area contributed by atoms with E-state index in [0.29, 0.717) is 24.1 Å². The van der Waals surface area contributed by atoms with Crippen molar-refractivity contribution in [3.8, 4) is 5.88 Å². The Labute approximate surface area is 102 Å². The number of hydrogen-bond acceptors (Lipinski definition) is 6. The molecular formula is C11H11N3O4. The van der Waals surface area contributed by atoms with E-state index in [1.807, 2.05) is 0 Å². The predicted molar refractivity (Wildman–Crippen MR) is 61.6 cm³/mol. The molecule has 0 aliphatic carbocycles. The first-order valence-corrected chi connectivity index (χ1v) is 5.12. The minimum absolute atomic E-state index is 0.0987. The number of methoxy groups -OCH3 is 1. The maximum Gasteiger partial charge on any atom is 0.371 e. The number of nitrogens with one attached hydrogen (secondary N) is 1. The van der Waals surface area contributed by atoms with E-state index in [2.05, 4.69) is 15.3 Å². The van der Waals surface area contributed by atoms with E-state index in [1.165, 1.54) is 13.2 Å². The number of aromatic nitrogens is 2. The fourth-order valence-corrected chi connectivity index (χ4v) is 1.30. The van der Waals surface area contributed by atoms with Crippen molar-refractivity contribution in [1.29, 1.82) is 0 Å². The van der Waals surface area contributed by atoms with Crippen LogP contribution >= 0.6 is 0 Å². The van der Waals surface area contributed by atoms with Crippen molar-refractivity contribution in [2.75, 3.05) is 12.4 Å². The Kier molecular flexibility index (Phi) is 3.42. The molecule has 0 saturated heterocycles. The van der Waals surface area contributed by atoms with E-state index < -0.39 is 5.97 Å². The van der Waals surface area contributed by atoms with Gasteiger partial charge >= 0.3 is 5.97 Å². The highest BCUT2D eigenvalue weighted by Gasteiger charge is 2.09. The molecule has 0 radical (unpaired) electrons. The summed E-state index contributed by atoms with van der Waals surface area (Å²) in [6.45, 7) is 0.292. The SMILES string of the molecule is COc1ccnc(NCc2ccc(C(=O)O)o2)n1. The van der Waals surface area contributed by atoms with E-state index in [9.17, 15) is 4.79 Å². The fourth-order valence-electron chi connectivity index (χ4n) is 1.30. The molecule has 0 unspecified atom stereocenters. The summed E-state index contributed by atoms with van der Waals surface area (Å²) < 4.78 is 10.0. The highest BCUT2D eigenvalue weighted by atomic mass is 16.5. The highest BCUT2D eigenvalue weighted by molar-refractivity contribution is 5.84. The Morgan fingerprint density at radius 1 is 1.50 bits per heavy atom. The summed E-state index contributed by atoms with van der Waals surface area (Å²) in [6, 6.07) is 4.60.